The smallest absolute Gasteiger partial charge is 0.256 e. The Kier molecular flexibility index (Phi) is 3.95. The van der Waals surface area contributed by atoms with Crippen molar-refractivity contribution in [3.05, 3.63) is 39.6 Å². The van der Waals surface area contributed by atoms with Crippen LogP contribution in [0, 0.1) is 0 Å². The van der Waals surface area contributed by atoms with Gasteiger partial charge in [0.05, 0.1) is 18.8 Å². The lowest BCUT2D eigenvalue weighted by molar-refractivity contribution is 0.102. The van der Waals surface area contributed by atoms with Crippen LogP contribution in [-0.2, 0) is 12.8 Å². The van der Waals surface area contributed by atoms with Crippen molar-refractivity contribution in [3.63, 3.8) is 0 Å². The van der Waals surface area contributed by atoms with E-state index in [1.54, 1.807) is 11.3 Å². The summed E-state index contributed by atoms with van der Waals surface area (Å²) in [6.45, 7) is 1.31. The first kappa shape index (κ1) is 14.6. The molecule has 0 fully saturated rings. The van der Waals surface area contributed by atoms with E-state index in [1.807, 2.05) is 23.6 Å². The summed E-state index contributed by atoms with van der Waals surface area (Å²) in [5, 5.41) is 4.99. The molecule has 1 aromatic carbocycles. The Morgan fingerprint density at radius 3 is 2.78 bits per heavy atom. The predicted molar refractivity (Wildman–Crippen MR) is 91.0 cm³/mol. The largest absolute Gasteiger partial charge is 0.490 e. The number of hydrogen-bond acceptors (Lipinski definition) is 4. The summed E-state index contributed by atoms with van der Waals surface area (Å²) >= 11 is 1.71. The topological polar surface area (TPSA) is 47.6 Å². The second kappa shape index (κ2) is 6.24. The molecule has 0 atom stereocenters. The van der Waals surface area contributed by atoms with Gasteiger partial charge < -0.3 is 14.8 Å². The normalized spacial score (nSPS) is 16.3. The highest BCUT2D eigenvalue weighted by Gasteiger charge is 2.20. The van der Waals surface area contributed by atoms with E-state index in [0.29, 0.717) is 19.0 Å². The van der Waals surface area contributed by atoms with Crippen LogP contribution in [0.4, 0.5) is 5.69 Å². The fourth-order valence-corrected chi connectivity index (χ4v) is 4.25. The Bertz CT molecular complexity index is 738. The van der Waals surface area contributed by atoms with E-state index < -0.39 is 0 Å². The van der Waals surface area contributed by atoms with E-state index in [1.165, 1.54) is 23.3 Å². The molecule has 5 heteroatoms. The van der Waals surface area contributed by atoms with E-state index in [2.05, 4.69) is 5.32 Å². The van der Waals surface area contributed by atoms with Gasteiger partial charge in [-0.05, 0) is 43.4 Å². The van der Waals surface area contributed by atoms with Crippen LogP contribution >= 0.6 is 11.3 Å². The van der Waals surface area contributed by atoms with Crippen molar-refractivity contribution < 1.29 is 14.3 Å². The Morgan fingerprint density at radius 1 is 1.04 bits per heavy atom. The summed E-state index contributed by atoms with van der Waals surface area (Å²) < 4.78 is 11.3. The lowest BCUT2D eigenvalue weighted by atomic mass is 9.95. The lowest BCUT2D eigenvalue weighted by Gasteiger charge is -2.13. The van der Waals surface area contributed by atoms with Gasteiger partial charge in [-0.3, -0.25) is 4.79 Å². The number of aryl methyl sites for hydroxylation is 1. The van der Waals surface area contributed by atoms with Crippen molar-refractivity contribution in [2.45, 2.75) is 32.1 Å². The van der Waals surface area contributed by atoms with Gasteiger partial charge in [-0.25, -0.2) is 0 Å². The molecule has 2 aromatic rings. The van der Waals surface area contributed by atoms with Crippen LogP contribution in [0.25, 0.3) is 0 Å². The number of anilines is 1. The van der Waals surface area contributed by atoms with Gasteiger partial charge in [0, 0.05) is 28.4 Å². The molecular formula is C18H19NO3S. The van der Waals surface area contributed by atoms with Crippen molar-refractivity contribution in [3.8, 4) is 11.5 Å². The molecule has 0 bridgehead atoms. The van der Waals surface area contributed by atoms with Gasteiger partial charge in [-0.1, -0.05) is 0 Å². The molecule has 0 saturated carbocycles. The number of thiophene rings is 1. The summed E-state index contributed by atoms with van der Waals surface area (Å²) in [5.74, 6) is 1.42. The van der Waals surface area contributed by atoms with E-state index in [-0.39, 0.29) is 5.91 Å². The molecule has 120 valence electrons. The third-order valence-electron chi connectivity index (χ3n) is 4.31. The van der Waals surface area contributed by atoms with Gasteiger partial charge >= 0.3 is 0 Å². The molecule has 0 saturated heterocycles. The predicted octanol–water partition coefficient (Wildman–Crippen LogP) is 4.04. The molecule has 1 aliphatic heterocycles. The molecule has 4 rings (SSSR count). The standard InChI is InChI=1S/C18H19NO3S/c20-18(14-11-23-17-5-2-1-4-13(14)17)19-12-6-7-15-16(10-12)22-9-3-8-21-15/h6-7,10-11H,1-5,8-9H2,(H,19,20). The molecule has 1 N–H and O–H groups in total. The number of carbonyl (C=O) groups is 1. The summed E-state index contributed by atoms with van der Waals surface area (Å²) in [6, 6.07) is 5.57. The zero-order valence-corrected chi connectivity index (χ0v) is 13.7. The second-order valence-electron chi connectivity index (χ2n) is 5.92. The lowest BCUT2D eigenvalue weighted by Crippen LogP contribution is -2.14. The Hall–Kier alpha value is -2.01. The number of nitrogens with one attached hydrogen (secondary N) is 1. The third kappa shape index (κ3) is 2.93. The van der Waals surface area contributed by atoms with Crippen LogP contribution in [-0.4, -0.2) is 19.1 Å². The monoisotopic (exact) mass is 329 g/mol. The first-order valence-electron chi connectivity index (χ1n) is 8.11. The fourth-order valence-electron chi connectivity index (χ4n) is 3.12. The highest BCUT2D eigenvalue weighted by molar-refractivity contribution is 7.10. The van der Waals surface area contributed by atoms with Crippen molar-refractivity contribution >= 4 is 22.9 Å². The number of ether oxygens (including phenoxy) is 2. The minimum absolute atomic E-state index is 0.0288. The molecule has 2 heterocycles. The molecule has 1 amide bonds. The number of hydrogen-bond donors (Lipinski definition) is 1. The zero-order chi connectivity index (χ0) is 15.6. The molecule has 1 aromatic heterocycles. The van der Waals surface area contributed by atoms with Crippen LogP contribution < -0.4 is 14.8 Å². The Labute approximate surface area is 139 Å². The van der Waals surface area contributed by atoms with Crippen molar-refractivity contribution in [2.75, 3.05) is 18.5 Å². The summed E-state index contributed by atoms with van der Waals surface area (Å²) in [6.07, 6.45) is 5.40. The van der Waals surface area contributed by atoms with Gasteiger partial charge in [-0.2, -0.15) is 0 Å². The molecule has 0 spiro atoms. The minimum atomic E-state index is -0.0288. The highest BCUT2D eigenvalue weighted by atomic mass is 32.1. The van der Waals surface area contributed by atoms with Gasteiger partial charge in [0.15, 0.2) is 11.5 Å². The molecule has 0 unspecified atom stereocenters. The van der Waals surface area contributed by atoms with Crippen LogP contribution in [0.5, 0.6) is 11.5 Å². The van der Waals surface area contributed by atoms with Gasteiger partial charge in [-0.15, -0.1) is 11.3 Å². The fraction of sp³-hybridized carbons (Fsp3) is 0.389. The van der Waals surface area contributed by atoms with Crippen molar-refractivity contribution in [1.29, 1.82) is 0 Å². The van der Waals surface area contributed by atoms with Crippen molar-refractivity contribution in [1.82, 2.24) is 0 Å². The maximum Gasteiger partial charge on any atom is 0.256 e. The molecule has 0 radical (unpaired) electrons. The van der Waals surface area contributed by atoms with Gasteiger partial charge in [0.2, 0.25) is 0 Å². The maximum atomic E-state index is 12.6. The average molecular weight is 329 g/mol. The maximum absolute atomic E-state index is 12.6. The highest BCUT2D eigenvalue weighted by Crippen LogP contribution is 2.34. The van der Waals surface area contributed by atoms with Crippen LogP contribution in [0.3, 0.4) is 0 Å². The number of fused-ring (bicyclic) bond motifs is 2. The quantitative estimate of drug-likeness (QED) is 0.904. The van der Waals surface area contributed by atoms with E-state index in [9.17, 15) is 4.79 Å². The molecule has 1 aliphatic carbocycles. The SMILES string of the molecule is O=C(Nc1ccc2c(c1)OCCCO2)c1csc2c1CCCC2. The van der Waals surface area contributed by atoms with Crippen LogP contribution in [0.1, 0.15) is 40.1 Å². The number of benzene rings is 1. The van der Waals surface area contributed by atoms with Gasteiger partial charge in [0.25, 0.3) is 5.91 Å². The second-order valence-corrected chi connectivity index (χ2v) is 6.89. The first-order valence-corrected chi connectivity index (χ1v) is 8.99. The molecule has 4 nitrogen and oxygen atoms in total. The third-order valence-corrected chi connectivity index (χ3v) is 5.40. The Morgan fingerprint density at radius 2 is 1.87 bits per heavy atom. The number of rotatable bonds is 2. The average Bonchev–Trinajstić information content (AvgIpc) is 2.86. The van der Waals surface area contributed by atoms with Crippen LogP contribution in [0.2, 0.25) is 0 Å². The number of amides is 1. The molecular weight excluding hydrogens is 310 g/mol. The van der Waals surface area contributed by atoms with Gasteiger partial charge in [0.1, 0.15) is 0 Å². The molecule has 2 aliphatic rings. The summed E-state index contributed by atoms with van der Waals surface area (Å²) in [5.41, 5.74) is 2.82. The Balaban J connectivity index is 1.55. The summed E-state index contributed by atoms with van der Waals surface area (Å²) in [4.78, 5) is 14.0. The minimum Gasteiger partial charge on any atom is -0.490 e. The van der Waals surface area contributed by atoms with Crippen molar-refractivity contribution in [2.24, 2.45) is 0 Å². The van der Waals surface area contributed by atoms with E-state index >= 15 is 0 Å². The summed E-state index contributed by atoms with van der Waals surface area (Å²) in [7, 11) is 0. The molecule has 23 heavy (non-hydrogen) atoms. The van der Waals surface area contributed by atoms with Crippen LogP contribution in [0.15, 0.2) is 23.6 Å². The van der Waals surface area contributed by atoms with E-state index in [4.69, 9.17) is 9.47 Å². The zero-order valence-electron chi connectivity index (χ0n) is 12.9. The van der Waals surface area contributed by atoms with E-state index in [0.717, 1.165) is 36.3 Å². The first-order chi connectivity index (χ1) is 11.3. The number of carbonyl (C=O) groups excluding carboxylic acids is 1.